The van der Waals surface area contributed by atoms with E-state index in [0.717, 1.165) is 5.56 Å². The van der Waals surface area contributed by atoms with Crippen LogP contribution in [0.5, 0.6) is 11.5 Å². The second kappa shape index (κ2) is 7.34. The molecule has 4 rings (SSSR count). The summed E-state index contributed by atoms with van der Waals surface area (Å²) >= 11 is 0. The van der Waals surface area contributed by atoms with Crippen molar-refractivity contribution in [3.8, 4) is 11.5 Å². The fourth-order valence-corrected chi connectivity index (χ4v) is 3.96. The molecule has 1 aliphatic heterocycles. The Morgan fingerprint density at radius 2 is 1.32 bits per heavy atom. The summed E-state index contributed by atoms with van der Waals surface area (Å²) in [6.07, 6.45) is -5.16. The molecule has 0 radical (unpaired) electrons. The quantitative estimate of drug-likeness (QED) is 0.531. The average molecular weight is 427 g/mol. The summed E-state index contributed by atoms with van der Waals surface area (Å²) in [5.41, 5.74) is 2.19. The molecule has 1 amide bonds. The number of para-hydroxylation sites is 2. The maximum atomic E-state index is 13.9. The molecule has 1 heterocycles. The fourth-order valence-electron chi connectivity index (χ4n) is 3.96. The molecular formula is C24H20F3NO3. The first kappa shape index (κ1) is 20.8. The molecule has 0 atom stereocenters. The molecule has 0 saturated heterocycles. The number of anilines is 1. The number of alkyl halides is 3. The van der Waals surface area contributed by atoms with Gasteiger partial charge in [-0.15, -0.1) is 0 Å². The first-order valence-corrected chi connectivity index (χ1v) is 9.65. The number of rotatable bonds is 3. The van der Waals surface area contributed by atoms with Crippen LogP contribution in [0, 0.1) is 20.8 Å². The van der Waals surface area contributed by atoms with E-state index in [9.17, 15) is 18.0 Å². The van der Waals surface area contributed by atoms with Crippen LogP contribution in [-0.4, -0.2) is 12.1 Å². The van der Waals surface area contributed by atoms with Crippen LogP contribution in [0.4, 0.5) is 18.9 Å². The van der Waals surface area contributed by atoms with Crippen LogP contribution < -0.4 is 14.4 Å². The number of hydrogen-bond donors (Lipinski definition) is 0. The highest BCUT2D eigenvalue weighted by Crippen LogP contribution is 2.49. The molecule has 0 bridgehead atoms. The van der Waals surface area contributed by atoms with Gasteiger partial charge in [0.2, 0.25) is 0 Å². The number of amides is 1. The van der Waals surface area contributed by atoms with Crippen LogP contribution in [0.3, 0.4) is 0 Å². The fraction of sp³-hybridized carbons (Fsp3) is 0.208. The summed E-state index contributed by atoms with van der Waals surface area (Å²) in [4.78, 5) is 13.5. The molecule has 3 aromatic rings. The molecule has 0 spiro atoms. The zero-order valence-corrected chi connectivity index (χ0v) is 17.2. The van der Waals surface area contributed by atoms with Crippen molar-refractivity contribution < 1.29 is 27.4 Å². The van der Waals surface area contributed by atoms with Crippen molar-refractivity contribution in [1.82, 2.24) is 0 Å². The SMILES string of the molecule is Cc1cc(C)c(N(C(=O)C(F)(F)F)C2(c3ccccc3)Oc3ccccc3O2)c(C)c1. The average Bonchev–Trinajstić information content (AvgIpc) is 3.10. The van der Waals surface area contributed by atoms with Gasteiger partial charge in [-0.1, -0.05) is 48.0 Å². The Balaban J connectivity index is 2.03. The van der Waals surface area contributed by atoms with Gasteiger partial charge in [0.15, 0.2) is 11.5 Å². The lowest BCUT2D eigenvalue weighted by atomic mass is 10.0. The first-order valence-electron chi connectivity index (χ1n) is 9.65. The predicted octanol–water partition coefficient (Wildman–Crippen LogP) is 5.79. The van der Waals surface area contributed by atoms with E-state index in [1.807, 2.05) is 6.92 Å². The van der Waals surface area contributed by atoms with Crippen molar-refractivity contribution in [3.63, 3.8) is 0 Å². The van der Waals surface area contributed by atoms with Gasteiger partial charge < -0.3 is 9.47 Å². The van der Waals surface area contributed by atoms with Crippen molar-refractivity contribution in [2.75, 3.05) is 4.90 Å². The number of fused-ring (bicyclic) bond motifs is 1. The van der Waals surface area contributed by atoms with Crippen LogP contribution >= 0.6 is 0 Å². The van der Waals surface area contributed by atoms with Crippen molar-refractivity contribution in [1.29, 1.82) is 0 Å². The molecule has 3 aromatic carbocycles. The Hall–Kier alpha value is -3.48. The third-order valence-electron chi connectivity index (χ3n) is 5.08. The minimum absolute atomic E-state index is 0.0876. The maximum absolute atomic E-state index is 13.9. The Labute approximate surface area is 177 Å². The number of nitrogens with zero attached hydrogens (tertiary/aromatic N) is 1. The largest absolute Gasteiger partial charge is 0.472 e. The Bertz CT molecular complexity index is 1090. The second-order valence-corrected chi connectivity index (χ2v) is 7.48. The van der Waals surface area contributed by atoms with Crippen molar-refractivity contribution in [2.24, 2.45) is 0 Å². The number of aryl methyl sites for hydroxylation is 3. The van der Waals surface area contributed by atoms with Gasteiger partial charge in [-0.3, -0.25) is 4.79 Å². The monoisotopic (exact) mass is 427 g/mol. The zero-order chi connectivity index (χ0) is 22.4. The molecule has 4 nitrogen and oxygen atoms in total. The van der Waals surface area contributed by atoms with Gasteiger partial charge in [0.05, 0.1) is 11.3 Å². The van der Waals surface area contributed by atoms with E-state index in [1.54, 1.807) is 80.6 Å². The highest BCUT2D eigenvalue weighted by Gasteiger charge is 2.58. The number of carbonyl (C=O) groups is 1. The van der Waals surface area contributed by atoms with Crippen molar-refractivity contribution >= 4 is 11.6 Å². The van der Waals surface area contributed by atoms with Gasteiger partial charge in [-0.25, -0.2) is 4.90 Å². The number of benzene rings is 3. The molecular weight excluding hydrogens is 407 g/mol. The van der Waals surface area contributed by atoms with Gasteiger partial charge in [0, 0.05) is 0 Å². The summed E-state index contributed by atoms with van der Waals surface area (Å²) < 4.78 is 53.8. The van der Waals surface area contributed by atoms with Gasteiger partial charge in [0.25, 0.3) is 0 Å². The lowest BCUT2D eigenvalue weighted by Crippen LogP contribution is -2.59. The lowest BCUT2D eigenvalue weighted by molar-refractivity contribution is -0.182. The minimum Gasteiger partial charge on any atom is -0.427 e. The van der Waals surface area contributed by atoms with E-state index < -0.39 is 18.0 Å². The second-order valence-electron chi connectivity index (χ2n) is 7.48. The molecule has 0 unspecified atom stereocenters. The Kier molecular flexibility index (Phi) is 4.92. The number of hydrogen-bond acceptors (Lipinski definition) is 3. The number of carbonyl (C=O) groups excluding carboxylic acids is 1. The van der Waals surface area contributed by atoms with Gasteiger partial charge in [0.1, 0.15) is 0 Å². The summed E-state index contributed by atoms with van der Waals surface area (Å²) in [5, 5.41) is 0. The van der Waals surface area contributed by atoms with E-state index in [-0.39, 0.29) is 22.7 Å². The number of halogens is 3. The first-order chi connectivity index (χ1) is 14.6. The molecule has 0 fully saturated rings. The van der Waals surface area contributed by atoms with Crippen LogP contribution in [0.25, 0.3) is 0 Å². The smallest absolute Gasteiger partial charge is 0.427 e. The van der Waals surface area contributed by atoms with Crippen LogP contribution in [0.2, 0.25) is 0 Å². The third kappa shape index (κ3) is 3.50. The third-order valence-corrected chi connectivity index (χ3v) is 5.08. The molecule has 0 aliphatic carbocycles. The van der Waals surface area contributed by atoms with Gasteiger partial charge >= 0.3 is 18.0 Å². The summed E-state index contributed by atoms with van der Waals surface area (Å²) in [7, 11) is 0. The lowest BCUT2D eigenvalue weighted by Gasteiger charge is -2.40. The molecule has 1 aliphatic rings. The highest BCUT2D eigenvalue weighted by atomic mass is 19.4. The normalized spacial score (nSPS) is 14.4. The molecule has 0 saturated carbocycles. The molecule has 31 heavy (non-hydrogen) atoms. The van der Waals surface area contributed by atoms with Crippen LogP contribution in [0.15, 0.2) is 66.7 Å². The molecule has 0 aromatic heterocycles. The Morgan fingerprint density at radius 1 is 0.839 bits per heavy atom. The predicted molar refractivity (Wildman–Crippen MR) is 110 cm³/mol. The van der Waals surface area contributed by atoms with E-state index in [0.29, 0.717) is 16.0 Å². The molecule has 7 heteroatoms. The summed E-state index contributed by atoms with van der Waals surface area (Å²) in [5.74, 6) is -3.76. The highest BCUT2D eigenvalue weighted by molar-refractivity contribution is 6.00. The van der Waals surface area contributed by atoms with Gasteiger partial charge in [-0.05, 0) is 56.2 Å². The van der Waals surface area contributed by atoms with Crippen LogP contribution in [0.1, 0.15) is 22.3 Å². The van der Waals surface area contributed by atoms with E-state index in [1.165, 1.54) is 0 Å². The van der Waals surface area contributed by atoms with Gasteiger partial charge in [-0.2, -0.15) is 13.2 Å². The van der Waals surface area contributed by atoms with Crippen molar-refractivity contribution in [3.05, 3.63) is 89.0 Å². The Morgan fingerprint density at radius 3 is 1.81 bits per heavy atom. The zero-order valence-electron chi connectivity index (χ0n) is 17.2. The van der Waals surface area contributed by atoms with E-state index >= 15 is 0 Å². The van der Waals surface area contributed by atoms with E-state index in [4.69, 9.17) is 9.47 Å². The summed E-state index contributed by atoms with van der Waals surface area (Å²) in [6.45, 7) is 5.16. The standard InChI is InChI=1S/C24H20F3NO3/c1-15-13-16(2)21(17(3)14-15)28(22(29)23(25,26)27)24(18-9-5-4-6-10-18)30-19-11-7-8-12-20(19)31-24/h4-14H,1-3H3. The summed E-state index contributed by atoms with van der Waals surface area (Å²) in [6, 6.07) is 18.1. The molecule has 160 valence electrons. The van der Waals surface area contributed by atoms with E-state index in [2.05, 4.69) is 0 Å². The van der Waals surface area contributed by atoms with Crippen LogP contribution in [-0.2, 0) is 10.7 Å². The van der Waals surface area contributed by atoms with Crippen molar-refractivity contribution in [2.45, 2.75) is 32.9 Å². The maximum Gasteiger partial charge on any atom is 0.472 e. The minimum atomic E-state index is -5.16. The number of ether oxygens (including phenoxy) is 2. The topological polar surface area (TPSA) is 38.8 Å². The molecule has 0 N–H and O–H groups in total.